The van der Waals surface area contributed by atoms with E-state index in [9.17, 15) is 9.59 Å². The van der Waals surface area contributed by atoms with E-state index in [0.29, 0.717) is 24.8 Å². The second-order valence-electron chi connectivity index (χ2n) is 5.36. The summed E-state index contributed by atoms with van der Waals surface area (Å²) < 4.78 is 0. The molecule has 1 fully saturated rings. The Labute approximate surface area is 108 Å². The summed E-state index contributed by atoms with van der Waals surface area (Å²) in [6.07, 6.45) is 1.72. The van der Waals surface area contributed by atoms with Gasteiger partial charge in [-0.3, -0.25) is 9.59 Å². The first kappa shape index (κ1) is 15.0. The predicted octanol–water partition coefficient (Wildman–Crippen LogP) is 0.849. The smallest absolute Gasteiger partial charge is 0.303 e. The van der Waals surface area contributed by atoms with E-state index in [2.05, 4.69) is 17.6 Å². The van der Waals surface area contributed by atoms with E-state index >= 15 is 0 Å². The minimum absolute atomic E-state index is 0.0827. The van der Waals surface area contributed by atoms with Crippen molar-refractivity contribution in [3.63, 3.8) is 0 Å². The largest absolute Gasteiger partial charge is 0.481 e. The Morgan fingerprint density at radius 1 is 1.39 bits per heavy atom. The van der Waals surface area contributed by atoms with Crippen molar-refractivity contribution in [2.45, 2.75) is 33.1 Å². The number of hydrogen-bond donors (Lipinski definition) is 3. The SMILES string of the molecule is CC(CCNC(=O)C1CNCC1C)CCC(=O)O. The minimum Gasteiger partial charge on any atom is -0.481 e. The molecule has 3 atom stereocenters. The van der Waals surface area contributed by atoms with E-state index in [1.807, 2.05) is 6.92 Å². The van der Waals surface area contributed by atoms with Gasteiger partial charge in [-0.05, 0) is 31.2 Å². The Morgan fingerprint density at radius 2 is 2.11 bits per heavy atom. The van der Waals surface area contributed by atoms with Crippen LogP contribution in [-0.4, -0.2) is 36.6 Å². The number of rotatable bonds is 7. The van der Waals surface area contributed by atoms with Gasteiger partial charge in [0, 0.05) is 19.5 Å². The maximum absolute atomic E-state index is 11.9. The van der Waals surface area contributed by atoms with Crippen LogP contribution in [0, 0.1) is 17.8 Å². The fraction of sp³-hybridized carbons (Fsp3) is 0.846. The Hall–Kier alpha value is -1.10. The highest BCUT2D eigenvalue weighted by Crippen LogP contribution is 2.16. The monoisotopic (exact) mass is 256 g/mol. The maximum atomic E-state index is 11.9. The average Bonchev–Trinajstić information content (AvgIpc) is 2.72. The second-order valence-corrected chi connectivity index (χ2v) is 5.36. The average molecular weight is 256 g/mol. The van der Waals surface area contributed by atoms with Crippen LogP contribution < -0.4 is 10.6 Å². The van der Waals surface area contributed by atoms with Crippen molar-refractivity contribution in [2.75, 3.05) is 19.6 Å². The molecule has 0 aromatic rings. The summed E-state index contributed by atoms with van der Waals surface area (Å²) in [5.74, 6) is 0.184. The summed E-state index contributed by atoms with van der Waals surface area (Å²) in [6.45, 7) is 6.42. The molecule has 0 radical (unpaired) electrons. The van der Waals surface area contributed by atoms with Crippen molar-refractivity contribution in [3.8, 4) is 0 Å². The van der Waals surface area contributed by atoms with E-state index in [0.717, 1.165) is 19.5 Å². The Bertz CT molecular complexity index is 294. The van der Waals surface area contributed by atoms with Crippen molar-refractivity contribution < 1.29 is 14.7 Å². The van der Waals surface area contributed by atoms with Gasteiger partial charge < -0.3 is 15.7 Å². The molecule has 1 aliphatic heterocycles. The van der Waals surface area contributed by atoms with Crippen LogP contribution in [0.15, 0.2) is 0 Å². The molecule has 1 heterocycles. The van der Waals surface area contributed by atoms with Gasteiger partial charge in [0.2, 0.25) is 5.91 Å². The summed E-state index contributed by atoms with van der Waals surface area (Å²) in [4.78, 5) is 22.3. The Morgan fingerprint density at radius 3 is 2.67 bits per heavy atom. The number of hydrogen-bond acceptors (Lipinski definition) is 3. The third-order valence-corrected chi connectivity index (χ3v) is 3.64. The van der Waals surface area contributed by atoms with Gasteiger partial charge in [-0.1, -0.05) is 13.8 Å². The van der Waals surface area contributed by atoms with Crippen LogP contribution in [0.4, 0.5) is 0 Å². The van der Waals surface area contributed by atoms with Crippen molar-refractivity contribution in [1.29, 1.82) is 0 Å². The zero-order chi connectivity index (χ0) is 13.5. The lowest BCUT2D eigenvalue weighted by Crippen LogP contribution is -2.35. The van der Waals surface area contributed by atoms with Crippen LogP contribution in [0.1, 0.15) is 33.1 Å². The van der Waals surface area contributed by atoms with Gasteiger partial charge in [0.05, 0.1) is 5.92 Å². The minimum atomic E-state index is -0.753. The molecule has 18 heavy (non-hydrogen) atoms. The lowest BCUT2D eigenvalue weighted by Gasteiger charge is -2.15. The molecule has 0 saturated carbocycles. The number of carboxylic acid groups (broad SMARTS) is 1. The van der Waals surface area contributed by atoms with Gasteiger partial charge >= 0.3 is 5.97 Å². The van der Waals surface area contributed by atoms with Crippen molar-refractivity contribution >= 4 is 11.9 Å². The molecule has 1 aliphatic rings. The quantitative estimate of drug-likeness (QED) is 0.631. The van der Waals surface area contributed by atoms with Crippen molar-refractivity contribution in [1.82, 2.24) is 10.6 Å². The van der Waals surface area contributed by atoms with Crippen molar-refractivity contribution in [3.05, 3.63) is 0 Å². The first-order valence-corrected chi connectivity index (χ1v) is 6.71. The number of amides is 1. The van der Waals surface area contributed by atoms with E-state index in [1.165, 1.54) is 0 Å². The first-order chi connectivity index (χ1) is 8.50. The number of carboxylic acids is 1. The van der Waals surface area contributed by atoms with Crippen molar-refractivity contribution in [2.24, 2.45) is 17.8 Å². The predicted molar refractivity (Wildman–Crippen MR) is 69.2 cm³/mol. The maximum Gasteiger partial charge on any atom is 0.303 e. The number of carbonyl (C=O) groups excluding carboxylic acids is 1. The Kier molecular flexibility index (Phi) is 6.12. The number of carbonyl (C=O) groups is 2. The van der Waals surface area contributed by atoms with E-state index in [-0.39, 0.29) is 18.2 Å². The molecular formula is C13H24N2O3. The third-order valence-electron chi connectivity index (χ3n) is 3.64. The molecule has 104 valence electrons. The highest BCUT2D eigenvalue weighted by Gasteiger charge is 2.29. The molecule has 0 spiro atoms. The summed E-state index contributed by atoms with van der Waals surface area (Å²) in [7, 11) is 0. The molecule has 0 aromatic carbocycles. The fourth-order valence-electron chi connectivity index (χ4n) is 2.25. The molecule has 3 N–H and O–H groups in total. The Balaban J connectivity index is 2.13. The third kappa shape index (κ3) is 5.04. The van der Waals surface area contributed by atoms with Gasteiger partial charge in [-0.25, -0.2) is 0 Å². The fourth-order valence-corrected chi connectivity index (χ4v) is 2.25. The zero-order valence-corrected chi connectivity index (χ0v) is 11.2. The van der Waals surface area contributed by atoms with E-state index in [1.54, 1.807) is 0 Å². The van der Waals surface area contributed by atoms with Crippen LogP contribution in [0.5, 0.6) is 0 Å². The molecule has 0 aliphatic carbocycles. The van der Waals surface area contributed by atoms with Gasteiger partial charge in [0.25, 0.3) is 0 Å². The van der Waals surface area contributed by atoms with E-state index < -0.39 is 5.97 Å². The molecule has 1 saturated heterocycles. The second kappa shape index (κ2) is 7.36. The van der Waals surface area contributed by atoms with Gasteiger partial charge in [-0.15, -0.1) is 0 Å². The van der Waals surface area contributed by atoms with Crippen LogP contribution in [-0.2, 0) is 9.59 Å². The van der Waals surface area contributed by atoms with Crippen LogP contribution in [0.2, 0.25) is 0 Å². The summed E-state index contributed by atoms with van der Waals surface area (Å²) in [5.41, 5.74) is 0. The number of aliphatic carboxylic acids is 1. The molecule has 1 rings (SSSR count). The van der Waals surface area contributed by atoms with Crippen LogP contribution >= 0.6 is 0 Å². The van der Waals surface area contributed by atoms with Gasteiger partial charge in [0.1, 0.15) is 0 Å². The standard InChI is InChI=1S/C13H24N2O3/c1-9(3-4-12(16)17)5-6-15-13(18)11-8-14-7-10(11)2/h9-11,14H,3-8H2,1-2H3,(H,15,18)(H,16,17). The highest BCUT2D eigenvalue weighted by atomic mass is 16.4. The molecule has 0 aromatic heterocycles. The van der Waals surface area contributed by atoms with Crippen LogP contribution in [0.3, 0.4) is 0 Å². The molecule has 1 amide bonds. The topological polar surface area (TPSA) is 78.4 Å². The normalized spacial score (nSPS) is 24.8. The molecule has 5 heteroatoms. The highest BCUT2D eigenvalue weighted by molar-refractivity contribution is 5.79. The lowest BCUT2D eigenvalue weighted by atomic mass is 9.97. The molecule has 3 unspecified atom stereocenters. The zero-order valence-electron chi connectivity index (χ0n) is 11.2. The molecule has 5 nitrogen and oxygen atoms in total. The number of nitrogens with one attached hydrogen (secondary N) is 2. The summed E-state index contributed by atoms with van der Waals surface area (Å²) in [5, 5.41) is 14.7. The summed E-state index contributed by atoms with van der Waals surface area (Å²) >= 11 is 0. The molecular weight excluding hydrogens is 232 g/mol. The van der Waals surface area contributed by atoms with Gasteiger partial charge in [-0.2, -0.15) is 0 Å². The van der Waals surface area contributed by atoms with E-state index in [4.69, 9.17) is 5.11 Å². The summed E-state index contributed by atoms with van der Waals surface area (Å²) in [6, 6.07) is 0. The van der Waals surface area contributed by atoms with Gasteiger partial charge in [0.15, 0.2) is 0 Å². The lowest BCUT2D eigenvalue weighted by molar-refractivity contribution is -0.137. The van der Waals surface area contributed by atoms with Crippen LogP contribution in [0.25, 0.3) is 0 Å². The molecule has 0 bridgehead atoms. The first-order valence-electron chi connectivity index (χ1n) is 6.71.